The SMILES string of the molecule is CC(C)(C)c1ccc(-c2c3ccc(C(C)(C)C)cc3c(-c3ccccc3)c3c(-c4ccc(C(C)(C)C)cc4)c4ccc(C(C)(C)C)cc4c(-c4ccccc4)c23)cc1.CC(C)c1ccc(-c2c3ccc(C(C)C)cc3c(-c3ccc(C(C)(C)C)cc3)c3c(-c4ccc(C(C)C)cc4)c4ccc(C(C)C)cc4c(-c4ccc(C(C)(C)C)cc4)c23)cc1. The average molecular weight is 1570 g/mol. The van der Waals surface area contributed by atoms with Gasteiger partial charge in [0.15, 0.2) is 0 Å². The van der Waals surface area contributed by atoms with Gasteiger partial charge in [0.05, 0.1) is 0 Å². The zero-order valence-corrected chi connectivity index (χ0v) is 76.9. The monoisotopic (exact) mass is 1570 g/mol. The van der Waals surface area contributed by atoms with Gasteiger partial charge in [-0.15, -0.1) is 0 Å². The summed E-state index contributed by atoms with van der Waals surface area (Å²) >= 11 is 0. The predicted octanol–water partition coefficient (Wildman–Crippen LogP) is 35.9. The van der Waals surface area contributed by atoms with Crippen molar-refractivity contribution in [3.63, 3.8) is 0 Å². The van der Waals surface area contributed by atoms with Crippen LogP contribution in [0, 0.1) is 0 Å². The van der Waals surface area contributed by atoms with Gasteiger partial charge < -0.3 is 0 Å². The van der Waals surface area contributed by atoms with Crippen molar-refractivity contribution in [2.45, 2.75) is 236 Å². The maximum atomic E-state index is 2.52. The van der Waals surface area contributed by atoms with Gasteiger partial charge >= 0.3 is 0 Å². The first-order chi connectivity index (χ1) is 56.6. The topological polar surface area (TPSA) is 0 Å². The lowest BCUT2D eigenvalue weighted by Crippen LogP contribution is -2.11. The molecule has 0 aromatic heterocycles. The van der Waals surface area contributed by atoms with Crippen LogP contribution in [0.5, 0.6) is 0 Å². The summed E-state index contributed by atoms with van der Waals surface area (Å²) in [5.74, 6) is 1.65. The van der Waals surface area contributed by atoms with E-state index in [1.165, 1.54) is 209 Å². The van der Waals surface area contributed by atoms with Gasteiger partial charge in [0.25, 0.3) is 0 Å². The van der Waals surface area contributed by atoms with Crippen molar-refractivity contribution in [3.05, 3.63) is 335 Å². The molecule has 0 unspecified atom stereocenters. The van der Waals surface area contributed by atoms with Crippen molar-refractivity contribution in [1.82, 2.24) is 0 Å². The average Bonchev–Trinajstić information content (AvgIpc) is 0.698. The highest BCUT2D eigenvalue weighted by Gasteiger charge is 2.32. The summed E-state index contributed by atoms with van der Waals surface area (Å²) in [5.41, 5.74) is 33.9. The van der Waals surface area contributed by atoms with Crippen LogP contribution in [0.3, 0.4) is 0 Å². The lowest BCUT2D eigenvalue weighted by Gasteiger charge is -2.28. The van der Waals surface area contributed by atoms with Gasteiger partial charge in [0.1, 0.15) is 0 Å². The minimum Gasteiger partial charge on any atom is -0.0622 e. The molecule has 0 bridgehead atoms. The minimum atomic E-state index is -0.0286. The van der Waals surface area contributed by atoms with E-state index in [9.17, 15) is 0 Å². The molecular formula is C120H128. The van der Waals surface area contributed by atoms with E-state index in [2.05, 4.69) is 459 Å². The molecule has 0 radical (unpaired) electrons. The molecule has 608 valence electrons. The smallest absolute Gasteiger partial charge is 0.000139 e. The zero-order valence-electron chi connectivity index (χ0n) is 76.9. The molecule has 0 aliphatic carbocycles. The first kappa shape index (κ1) is 84.1. The third-order valence-corrected chi connectivity index (χ3v) is 25.9. The van der Waals surface area contributed by atoms with Crippen LogP contribution >= 0.6 is 0 Å². The molecule has 0 nitrogen and oxygen atoms in total. The highest BCUT2D eigenvalue weighted by atomic mass is 14.4. The fourth-order valence-corrected chi connectivity index (χ4v) is 18.4. The Labute approximate surface area is 719 Å². The molecule has 16 aromatic carbocycles. The maximum absolute atomic E-state index is 2.52. The standard InChI is InChI=1S/C62H68.C58H60/c1-37(2)41-15-19-43(20-16-41)55-51-33-27-47(39(5)6)35-53(51)58(46-25-31-50(32-26-46)62(12,13)14)60-56(44-21-17-42(18-22-44)38(3)4)52-34-28-48(40(7)8)36-54(52)57(59(55)60)45-23-29-49(30-24-45)61(9,10)11;1-55(2,3)41-27-23-39(24-28-41)49-45-33-31-43(57(7,8)9)35-47(45)52(38-21-17-14-18-22-38)54-50(40-25-29-42(30-26-40)56(4,5)6)46-34-32-44(58(10,11)12)36-48(46)51(53(49)54)37-19-15-13-16-20-37/h15-40H,1-14H3;13-36H,1-12H3. The Morgan fingerprint density at radius 2 is 0.317 bits per heavy atom. The van der Waals surface area contributed by atoms with Gasteiger partial charge in [-0.2, -0.15) is 0 Å². The van der Waals surface area contributed by atoms with E-state index in [4.69, 9.17) is 0 Å². The van der Waals surface area contributed by atoms with Crippen LogP contribution in [0.15, 0.2) is 279 Å². The summed E-state index contributed by atoms with van der Waals surface area (Å²) in [6.45, 7) is 60.2. The van der Waals surface area contributed by atoms with Crippen LogP contribution in [0.2, 0.25) is 0 Å². The molecule has 0 heterocycles. The quantitative estimate of drug-likeness (QED) is 0.107. The maximum Gasteiger partial charge on any atom is -0.000139 e. The van der Waals surface area contributed by atoms with Crippen molar-refractivity contribution in [2.24, 2.45) is 0 Å². The zero-order chi connectivity index (χ0) is 85.8. The molecule has 16 rings (SSSR count). The number of hydrogen-bond donors (Lipinski definition) is 0. The summed E-state index contributed by atoms with van der Waals surface area (Å²) in [6, 6.07) is 109. The van der Waals surface area contributed by atoms with E-state index in [1.54, 1.807) is 0 Å². The summed E-state index contributed by atoms with van der Waals surface area (Å²) in [4.78, 5) is 0. The van der Waals surface area contributed by atoms with Crippen molar-refractivity contribution in [2.75, 3.05) is 0 Å². The first-order valence-electron chi connectivity index (χ1n) is 44.5. The van der Waals surface area contributed by atoms with Gasteiger partial charge in [-0.25, -0.2) is 0 Å². The fraction of sp³-hybridized carbons (Fsp3) is 0.300. The number of fused-ring (bicyclic) bond motifs is 6. The highest BCUT2D eigenvalue weighted by Crippen LogP contribution is 2.58. The normalized spacial score (nSPS) is 12.7. The predicted molar refractivity (Wildman–Crippen MR) is 530 cm³/mol. The molecule has 0 aliphatic heterocycles. The van der Waals surface area contributed by atoms with Gasteiger partial charge in [-0.1, -0.05) is 447 Å². The van der Waals surface area contributed by atoms with Crippen LogP contribution in [0.4, 0.5) is 0 Å². The summed E-state index contributed by atoms with van der Waals surface area (Å²) < 4.78 is 0. The lowest BCUT2D eigenvalue weighted by molar-refractivity contribution is 0.590. The summed E-state index contributed by atoms with van der Waals surface area (Å²) in [5, 5.41) is 15.6. The van der Waals surface area contributed by atoms with Gasteiger partial charge in [-0.3, -0.25) is 0 Å². The van der Waals surface area contributed by atoms with Gasteiger partial charge in [0, 0.05) is 0 Å². The Morgan fingerprint density at radius 3 is 0.525 bits per heavy atom. The van der Waals surface area contributed by atoms with Gasteiger partial charge in [-0.05, 0) is 278 Å². The molecule has 16 aromatic rings. The minimum absolute atomic E-state index is 0.0286. The molecule has 0 amide bonds. The second-order valence-corrected chi connectivity index (χ2v) is 42.0. The Balaban J connectivity index is 0.000000187. The largest absolute Gasteiger partial charge is 0.0622 e. The van der Waals surface area contributed by atoms with E-state index >= 15 is 0 Å². The van der Waals surface area contributed by atoms with E-state index < -0.39 is 0 Å². The van der Waals surface area contributed by atoms with Crippen LogP contribution in [0.25, 0.3) is 154 Å². The Bertz CT molecular complexity index is 6090. The van der Waals surface area contributed by atoms with Crippen molar-refractivity contribution in [3.8, 4) is 89.0 Å². The number of hydrogen-bond acceptors (Lipinski definition) is 0. The van der Waals surface area contributed by atoms with Crippen LogP contribution < -0.4 is 0 Å². The van der Waals surface area contributed by atoms with Crippen LogP contribution in [-0.2, 0) is 32.5 Å². The summed E-state index contributed by atoms with van der Waals surface area (Å²) in [6.07, 6.45) is 0. The lowest BCUT2D eigenvalue weighted by atomic mass is 9.75. The summed E-state index contributed by atoms with van der Waals surface area (Å²) in [7, 11) is 0. The van der Waals surface area contributed by atoms with E-state index in [0.717, 1.165) is 0 Å². The molecule has 0 atom stereocenters. The molecule has 0 spiro atoms. The number of rotatable bonds is 12. The van der Waals surface area contributed by atoms with E-state index in [0.29, 0.717) is 23.7 Å². The Kier molecular flexibility index (Phi) is 22.4. The molecule has 0 heteroatoms. The molecule has 0 saturated heterocycles. The molecule has 0 saturated carbocycles. The third kappa shape index (κ3) is 16.2. The Hall–Kier alpha value is -10.9. The van der Waals surface area contributed by atoms with Crippen LogP contribution in [0.1, 0.15) is 259 Å². The molecule has 120 heavy (non-hydrogen) atoms. The second-order valence-electron chi connectivity index (χ2n) is 42.0. The van der Waals surface area contributed by atoms with Crippen molar-refractivity contribution in [1.29, 1.82) is 0 Å². The van der Waals surface area contributed by atoms with Crippen LogP contribution in [-0.4, -0.2) is 0 Å². The molecule has 0 fully saturated rings. The van der Waals surface area contributed by atoms with E-state index in [-0.39, 0.29) is 32.5 Å². The fourth-order valence-electron chi connectivity index (χ4n) is 18.4. The second kappa shape index (κ2) is 31.9. The van der Waals surface area contributed by atoms with Crippen molar-refractivity contribution < 1.29 is 0 Å². The number of benzene rings is 16. The van der Waals surface area contributed by atoms with E-state index in [1.807, 2.05) is 0 Å². The van der Waals surface area contributed by atoms with Gasteiger partial charge in [0.2, 0.25) is 0 Å². The molecule has 0 N–H and O–H groups in total. The highest BCUT2D eigenvalue weighted by molar-refractivity contribution is 6.36. The van der Waals surface area contributed by atoms with Crippen molar-refractivity contribution >= 4 is 64.6 Å². The first-order valence-corrected chi connectivity index (χ1v) is 44.5. The molecular weight excluding hydrogens is 1440 g/mol. The molecule has 0 aliphatic rings. The Morgan fingerprint density at radius 1 is 0.150 bits per heavy atom. The third-order valence-electron chi connectivity index (χ3n) is 25.9.